The second-order valence-electron chi connectivity index (χ2n) is 4.42. The summed E-state index contributed by atoms with van der Waals surface area (Å²) >= 11 is 6.09. The van der Waals surface area contributed by atoms with Gasteiger partial charge in [0.1, 0.15) is 5.75 Å². The summed E-state index contributed by atoms with van der Waals surface area (Å²) in [5, 5.41) is 6.39. The molecule has 0 bridgehead atoms. The van der Waals surface area contributed by atoms with Crippen LogP contribution in [0.2, 0.25) is 0 Å². The molecular formula is C13H12ClN3O2. The number of alkyl halides is 1. The maximum atomic E-state index is 11.5. The molecule has 1 atom stereocenters. The van der Waals surface area contributed by atoms with Gasteiger partial charge in [0.2, 0.25) is 0 Å². The maximum Gasteiger partial charge on any atom is 0.288 e. The van der Waals surface area contributed by atoms with Gasteiger partial charge in [-0.2, -0.15) is 5.11 Å². The van der Waals surface area contributed by atoms with Crippen molar-refractivity contribution in [2.45, 2.75) is 18.5 Å². The first-order valence-electron chi connectivity index (χ1n) is 5.89. The molecule has 2 heterocycles. The van der Waals surface area contributed by atoms with E-state index in [1.165, 1.54) is 5.56 Å². The Balaban J connectivity index is 1.90. The van der Waals surface area contributed by atoms with E-state index in [1.807, 2.05) is 23.1 Å². The smallest absolute Gasteiger partial charge is 0.288 e. The molecule has 1 aromatic carbocycles. The number of fused-ring (bicyclic) bond motifs is 1. The Morgan fingerprint density at radius 2 is 2.26 bits per heavy atom. The van der Waals surface area contributed by atoms with Crippen LogP contribution < -0.4 is 4.74 Å². The number of methoxy groups -OCH3 is 1. The van der Waals surface area contributed by atoms with Crippen LogP contribution in [0, 0.1) is 0 Å². The molecule has 0 saturated heterocycles. The SMILES string of the molecule is COc1cccc2c1CN(C1=CN=NC(=O)C1Cl)C2. The van der Waals surface area contributed by atoms with Crippen LogP contribution in [0.4, 0.5) is 0 Å². The average Bonchev–Trinajstić information content (AvgIpc) is 2.85. The number of hydrogen-bond acceptors (Lipinski definition) is 4. The average molecular weight is 278 g/mol. The third-order valence-electron chi connectivity index (χ3n) is 3.35. The number of halogens is 1. The number of hydrogen-bond donors (Lipinski definition) is 0. The number of nitrogens with zero attached hydrogens (tertiary/aromatic N) is 3. The van der Waals surface area contributed by atoms with E-state index in [4.69, 9.17) is 16.3 Å². The van der Waals surface area contributed by atoms with Crippen molar-refractivity contribution in [3.8, 4) is 5.75 Å². The summed E-state index contributed by atoms with van der Waals surface area (Å²) in [6.07, 6.45) is 1.55. The molecule has 3 rings (SSSR count). The van der Waals surface area contributed by atoms with E-state index in [9.17, 15) is 4.79 Å². The summed E-state index contributed by atoms with van der Waals surface area (Å²) in [4.78, 5) is 13.5. The van der Waals surface area contributed by atoms with E-state index in [-0.39, 0.29) is 0 Å². The minimum atomic E-state index is -0.752. The van der Waals surface area contributed by atoms with Crippen molar-refractivity contribution in [3.05, 3.63) is 41.2 Å². The number of ether oxygens (including phenoxy) is 1. The monoisotopic (exact) mass is 277 g/mol. The second-order valence-corrected chi connectivity index (χ2v) is 4.86. The van der Waals surface area contributed by atoms with Gasteiger partial charge in [0.25, 0.3) is 5.91 Å². The first-order chi connectivity index (χ1) is 9.20. The van der Waals surface area contributed by atoms with Crippen LogP contribution in [-0.2, 0) is 17.9 Å². The summed E-state index contributed by atoms with van der Waals surface area (Å²) in [5.74, 6) is 0.442. The number of benzene rings is 1. The van der Waals surface area contributed by atoms with Gasteiger partial charge in [-0.15, -0.1) is 16.7 Å². The van der Waals surface area contributed by atoms with Crippen molar-refractivity contribution in [3.63, 3.8) is 0 Å². The summed E-state index contributed by atoms with van der Waals surface area (Å²) in [7, 11) is 1.65. The van der Waals surface area contributed by atoms with E-state index in [1.54, 1.807) is 13.3 Å². The van der Waals surface area contributed by atoms with E-state index in [0.29, 0.717) is 18.8 Å². The summed E-state index contributed by atoms with van der Waals surface area (Å²) in [5.41, 5.74) is 3.00. The molecule has 1 amide bonds. The summed E-state index contributed by atoms with van der Waals surface area (Å²) < 4.78 is 5.35. The van der Waals surface area contributed by atoms with Crippen LogP contribution >= 0.6 is 11.6 Å². The second kappa shape index (κ2) is 4.66. The number of carbonyl (C=O) groups is 1. The molecule has 0 aliphatic carbocycles. The molecule has 0 fully saturated rings. The number of amides is 1. The predicted octanol–water partition coefficient (Wildman–Crippen LogP) is 2.45. The Bertz CT molecular complexity index is 598. The normalized spacial score (nSPS) is 21.4. The van der Waals surface area contributed by atoms with Gasteiger partial charge in [-0.05, 0) is 11.6 Å². The third-order valence-corrected chi connectivity index (χ3v) is 3.76. The molecule has 0 aromatic heterocycles. The number of carbonyl (C=O) groups excluding carboxylic acids is 1. The van der Waals surface area contributed by atoms with E-state index < -0.39 is 11.3 Å². The molecule has 2 aliphatic heterocycles. The minimum Gasteiger partial charge on any atom is -0.496 e. The molecule has 19 heavy (non-hydrogen) atoms. The Morgan fingerprint density at radius 3 is 3.05 bits per heavy atom. The molecule has 0 radical (unpaired) electrons. The van der Waals surface area contributed by atoms with Crippen molar-refractivity contribution in [2.75, 3.05) is 7.11 Å². The van der Waals surface area contributed by atoms with Crippen LogP contribution in [0.5, 0.6) is 5.75 Å². The zero-order valence-corrected chi connectivity index (χ0v) is 11.1. The van der Waals surface area contributed by atoms with Gasteiger partial charge < -0.3 is 9.64 Å². The van der Waals surface area contributed by atoms with Gasteiger partial charge in [-0.3, -0.25) is 4.79 Å². The standard InChI is InChI=1S/C13H12ClN3O2/c1-19-11-4-2-3-8-6-17(7-9(8)11)10-5-15-16-13(18)12(10)14/h2-5,12H,6-7H2,1H3. The van der Waals surface area contributed by atoms with Crippen molar-refractivity contribution in [1.29, 1.82) is 0 Å². The molecule has 2 aliphatic rings. The predicted molar refractivity (Wildman–Crippen MR) is 69.8 cm³/mol. The minimum absolute atomic E-state index is 0.415. The lowest BCUT2D eigenvalue weighted by Crippen LogP contribution is -2.28. The highest BCUT2D eigenvalue weighted by atomic mass is 35.5. The molecule has 1 unspecified atom stereocenters. The fourth-order valence-electron chi connectivity index (χ4n) is 2.39. The Hall–Kier alpha value is -1.88. The maximum absolute atomic E-state index is 11.5. The number of rotatable bonds is 2. The Labute approximate surface area is 115 Å². The van der Waals surface area contributed by atoms with Crippen molar-refractivity contribution in [2.24, 2.45) is 10.2 Å². The Morgan fingerprint density at radius 1 is 1.42 bits per heavy atom. The van der Waals surface area contributed by atoms with Gasteiger partial charge >= 0.3 is 0 Å². The summed E-state index contributed by atoms with van der Waals surface area (Å²) in [6.45, 7) is 1.36. The van der Waals surface area contributed by atoms with Crippen LogP contribution in [0.15, 0.2) is 40.3 Å². The topological polar surface area (TPSA) is 54.3 Å². The molecule has 5 nitrogen and oxygen atoms in total. The molecule has 0 N–H and O–H groups in total. The van der Waals surface area contributed by atoms with Crippen LogP contribution in [-0.4, -0.2) is 23.3 Å². The fourth-order valence-corrected chi connectivity index (χ4v) is 2.63. The molecular weight excluding hydrogens is 266 g/mol. The highest BCUT2D eigenvalue weighted by molar-refractivity contribution is 6.33. The first kappa shape index (κ1) is 12.2. The molecule has 6 heteroatoms. The highest BCUT2D eigenvalue weighted by Gasteiger charge is 2.31. The zero-order valence-electron chi connectivity index (χ0n) is 10.3. The Kier molecular flexibility index (Phi) is 2.98. The van der Waals surface area contributed by atoms with E-state index in [2.05, 4.69) is 10.2 Å². The molecule has 0 spiro atoms. The van der Waals surface area contributed by atoms with Gasteiger partial charge in [-0.1, -0.05) is 12.1 Å². The first-order valence-corrected chi connectivity index (χ1v) is 6.33. The van der Waals surface area contributed by atoms with Crippen LogP contribution in [0.1, 0.15) is 11.1 Å². The van der Waals surface area contributed by atoms with Gasteiger partial charge in [0.05, 0.1) is 19.0 Å². The van der Waals surface area contributed by atoms with Crippen molar-refractivity contribution in [1.82, 2.24) is 4.90 Å². The molecule has 98 valence electrons. The highest BCUT2D eigenvalue weighted by Crippen LogP contribution is 2.35. The van der Waals surface area contributed by atoms with Crippen molar-refractivity contribution >= 4 is 17.5 Å². The van der Waals surface area contributed by atoms with Crippen LogP contribution in [0.25, 0.3) is 0 Å². The number of azo groups is 1. The van der Waals surface area contributed by atoms with Gasteiger partial charge in [0.15, 0.2) is 5.38 Å². The molecule has 0 saturated carbocycles. The molecule has 1 aromatic rings. The quantitative estimate of drug-likeness (QED) is 0.780. The van der Waals surface area contributed by atoms with Crippen LogP contribution in [0.3, 0.4) is 0 Å². The van der Waals surface area contributed by atoms with E-state index >= 15 is 0 Å². The summed E-state index contributed by atoms with van der Waals surface area (Å²) in [6, 6.07) is 5.94. The van der Waals surface area contributed by atoms with E-state index in [0.717, 1.165) is 11.3 Å². The lowest BCUT2D eigenvalue weighted by molar-refractivity contribution is -0.117. The third kappa shape index (κ3) is 2.00. The zero-order chi connectivity index (χ0) is 13.4. The fraction of sp³-hybridized carbons (Fsp3) is 0.308. The largest absolute Gasteiger partial charge is 0.496 e. The van der Waals surface area contributed by atoms with Gasteiger partial charge in [0, 0.05) is 18.7 Å². The lowest BCUT2D eigenvalue weighted by Gasteiger charge is -2.24. The van der Waals surface area contributed by atoms with Gasteiger partial charge in [-0.25, -0.2) is 0 Å². The lowest BCUT2D eigenvalue weighted by atomic mass is 10.1. The van der Waals surface area contributed by atoms with Crippen molar-refractivity contribution < 1.29 is 9.53 Å².